The molecule has 0 fully saturated rings. The maximum Gasteiger partial charge on any atom is 0.221 e. The molecule has 0 saturated carbocycles. The van der Waals surface area contributed by atoms with Gasteiger partial charge in [0.25, 0.3) is 0 Å². The van der Waals surface area contributed by atoms with Crippen molar-refractivity contribution in [3.05, 3.63) is 48.6 Å². The summed E-state index contributed by atoms with van der Waals surface area (Å²) < 4.78 is 0. The van der Waals surface area contributed by atoms with E-state index < -0.39 is 0 Å². The highest BCUT2D eigenvalue weighted by atomic mass is 16.2. The first-order valence-electron chi connectivity index (χ1n) is 18.8. The van der Waals surface area contributed by atoms with E-state index in [9.17, 15) is 9.59 Å². The fraction of sp³-hybridized carbons (Fsp3) is 0.750. The molecule has 0 atom stereocenters. The Hall–Kier alpha value is -2.10. The number of hydrogen-bond donors (Lipinski definition) is 2. The highest BCUT2D eigenvalue weighted by Crippen LogP contribution is 2.10. The lowest BCUT2D eigenvalue weighted by molar-refractivity contribution is -0.124. The smallest absolute Gasteiger partial charge is 0.221 e. The van der Waals surface area contributed by atoms with Crippen LogP contribution in [0.5, 0.6) is 0 Å². The van der Waals surface area contributed by atoms with Crippen LogP contribution in [0.1, 0.15) is 188 Å². The Balaban J connectivity index is 3.76. The molecule has 0 aromatic heterocycles. The third-order valence-corrected chi connectivity index (χ3v) is 7.96. The third-order valence-electron chi connectivity index (χ3n) is 7.96. The summed E-state index contributed by atoms with van der Waals surface area (Å²) in [6.45, 7) is 6.58. The van der Waals surface area contributed by atoms with Gasteiger partial charge in [-0.15, -0.1) is 0 Å². The summed E-state index contributed by atoms with van der Waals surface area (Å²) in [5.74, 6) is 0.123. The molecule has 0 aliphatic rings. The van der Waals surface area contributed by atoms with E-state index in [-0.39, 0.29) is 18.0 Å². The second-order valence-electron chi connectivity index (χ2n) is 12.4. The summed E-state index contributed by atoms with van der Waals surface area (Å²) >= 11 is 0. The van der Waals surface area contributed by atoms with Gasteiger partial charge in [0, 0.05) is 12.8 Å². The zero-order valence-corrected chi connectivity index (χ0v) is 29.4. The topological polar surface area (TPSA) is 58.2 Å². The van der Waals surface area contributed by atoms with Crippen molar-refractivity contribution in [1.29, 1.82) is 0 Å². The minimum Gasteiger partial charge on any atom is -0.336 e. The number of nitrogens with one attached hydrogen (secondary N) is 2. The van der Waals surface area contributed by atoms with Crippen LogP contribution in [0.15, 0.2) is 48.6 Å². The molecule has 0 aliphatic carbocycles. The lowest BCUT2D eigenvalue weighted by Gasteiger charge is -2.20. The molecule has 0 rings (SSSR count). The third kappa shape index (κ3) is 32.8. The van der Waals surface area contributed by atoms with Crippen molar-refractivity contribution in [2.45, 2.75) is 194 Å². The van der Waals surface area contributed by atoms with Gasteiger partial charge in [0.1, 0.15) is 6.17 Å². The van der Waals surface area contributed by atoms with Crippen LogP contribution in [-0.4, -0.2) is 18.0 Å². The van der Waals surface area contributed by atoms with Gasteiger partial charge in [-0.3, -0.25) is 9.59 Å². The minimum absolute atomic E-state index is 0.0616. The number of rotatable bonds is 32. The average Bonchev–Trinajstić information content (AvgIpc) is 3.01. The van der Waals surface area contributed by atoms with Crippen molar-refractivity contribution in [1.82, 2.24) is 10.6 Å². The van der Waals surface area contributed by atoms with Crippen LogP contribution in [-0.2, 0) is 9.59 Å². The van der Waals surface area contributed by atoms with Crippen molar-refractivity contribution < 1.29 is 9.59 Å². The molecular formula is C40H72N2O2. The maximum absolute atomic E-state index is 12.5. The molecular weight excluding hydrogens is 540 g/mol. The quantitative estimate of drug-likeness (QED) is 0.0451. The Kier molecular flexibility index (Phi) is 33.7. The Labute approximate surface area is 274 Å². The van der Waals surface area contributed by atoms with Crippen molar-refractivity contribution in [3.63, 3.8) is 0 Å². The van der Waals surface area contributed by atoms with Crippen LogP contribution in [0, 0.1) is 0 Å². The normalized spacial score (nSPS) is 12.1. The summed E-state index contributed by atoms with van der Waals surface area (Å²) in [7, 11) is 0. The molecule has 0 spiro atoms. The first-order chi connectivity index (χ1) is 21.6. The van der Waals surface area contributed by atoms with E-state index in [1.54, 1.807) is 0 Å². The summed E-state index contributed by atoms with van der Waals surface area (Å²) in [5, 5.41) is 6.11. The van der Waals surface area contributed by atoms with Crippen molar-refractivity contribution in [2.24, 2.45) is 0 Å². The van der Waals surface area contributed by atoms with Gasteiger partial charge in [-0.05, 0) is 83.5 Å². The molecule has 0 aromatic rings. The van der Waals surface area contributed by atoms with Crippen LogP contribution < -0.4 is 10.6 Å². The number of amides is 2. The molecule has 0 radical (unpaired) electrons. The predicted molar refractivity (Wildman–Crippen MR) is 194 cm³/mol. The highest BCUT2D eigenvalue weighted by Gasteiger charge is 2.14. The summed E-state index contributed by atoms with van der Waals surface area (Å²) in [4.78, 5) is 24.9. The second kappa shape index (κ2) is 35.4. The maximum atomic E-state index is 12.5. The molecule has 0 unspecified atom stereocenters. The van der Waals surface area contributed by atoms with E-state index in [1.165, 1.54) is 89.9 Å². The monoisotopic (exact) mass is 613 g/mol. The van der Waals surface area contributed by atoms with Crippen LogP contribution in [0.3, 0.4) is 0 Å². The SMILES string of the molecule is CCCCC/C=C\C/C=C\CCCCCCCC(=O)NC(CCC)NC(=O)CCCCCCC/C=C\C/C=C\CCCCC. The van der Waals surface area contributed by atoms with Gasteiger partial charge < -0.3 is 10.6 Å². The predicted octanol–water partition coefficient (Wildman–Crippen LogP) is 12.0. The van der Waals surface area contributed by atoms with Crippen LogP contribution in [0.2, 0.25) is 0 Å². The van der Waals surface area contributed by atoms with Gasteiger partial charge in [0.15, 0.2) is 0 Å². The fourth-order valence-corrected chi connectivity index (χ4v) is 5.20. The number of hydrogen-bond acceptors (Lipinski definition) is 2. The fourth-order valence-electron chi connectivity index (χ4n) is 5.20. The molecule has 254 valence electrons. The van der Waals surface area contributed by atoms with Crippen molar-refractivity contribution in [3.8, 4) is 0 Å². The van der Waals surface area contributed by atoms with Gasteiger partial charge in [-0.2, -0.15) is 0 Å². The first-order valence-corrected chi connectivity index (χ1v) is 18.8. The van der Waals surface area contributed by atoms with Crippen molar-refractivity contribution >= 4 is 11.8 Å². The lowest BCUT2D eigenvalue weighted by Crippen LogP contribution is -2.47. The van der Waals surface area contributed by atoms with Gasteiger partial charge in [0.2, 0.25) is 11.8 Å². The van der Waals surface area contributed by atoms with Gasteiger partial charge in [-0.1, -0.05) is 140 Å². The molecule has 2 amide bonds. The molecule has 0 saturated heterocycles. The molecule has 0 bridgehead atoms. The van der Waals surface area contributed by atoms with Gasteiger partial charge >= 0.3 is 0 Å². The Morgan fingerprint density at radius 2 is 0.773 bits per heavy atom. The second-order valence-corrected chi connectivity index (χ2v) is 12.4. The number of allylic oxidation sites excluding steroid dienone is 8. The standard InChI is InChI=1S/C40H72N2O2/c1-4-7-9-11-13-15-17-19-21-23-25-27-29-31-33-36-39(43)41-38(35-6-3)42-40(44)37-34-32-30-28-26-24-22-20-18-16-14-12-10-8-5-2/h13-16,19-22,38H,4-12,17-18,23-37H2,1-3H3,(H,41,43)(H,42,44)/b15-13-,16-14-,21-19-,22-20-. The first kappa shape index (κ1) is 41.9. The highest BCUT2D eigenvalue weighted by molar-refractivity contribution is 5.79. The van der Waals surface area contributed by atoms with E-state index in [1.807, 2.05) is 0 Å². The molecule has 2 N–H and O–H groups in total. The zero-order valence-electron chi connectivity index (χ0n) is 29.4. The van der Waals surface area contributed by atoms with E-state index >= 15 is 0 Å². The van der Waals surface area contributed by atoms with Crippen molar-refractivity contribution in [2.75, 3.05) is 0 Å². The molecule has 0 aromatic carbocycles. The summed E-state index contributed by atoms with van der Waals surface area (Å²) in [5.41, 5.74) is 0. The van der Waals surface area contributed by atoms with E-state index in [4.69, 9.17) is 0 Å². The largest absolute Gasteiger partial charge is 0.336 e. The van der Waals surface area contributed by atoms with Gasteiger partial charge in [0.05, 0.1) is 0 Å². The molecule has 4 heteroatoms. The van der Waals surface area contributed by atoms with E-state index in [0.717, 1.165) is 64.2 Å². The Morgan fingerprint density at radius 1 is 0.432 bits per heavy atom. The lowest BCUT2D eigenvalue weighted by atomic mass is 10.1. The minimum atomic E-state index is -0.240. The molecule has 4 nitrogen and oxygen atoms in total. The van der Waals surface area contributed by atoms with Gasteiger partial charge in [-0.25, -0.2) is 0 Å². The number of carbonyl (C=O) groups is 2. The average molecular weight is 613 g/mol. The van der Waals surface area contributed by atoms with Crippen LogP contribution in [0.25, 0.3) is 0 Å². The molecule has 44 heavy (non-hydrogen) atoms. The summed E-state index contributed by atoms with van der Waals surface area (Å²) in [6.07, 6.45) is 46.9. The molecule has 0 aliphatic heterocycles. The van der Waals surface area contributed by atoms with Crippen LogP contribution >= 0.6 is 0 Å². The Bertz CT molecular complexity index is 692. The zero-order chi connectivity index (χ0) is 32.2. The number of carbonyl (C=O) groups excluding carboxylic acids is 2. The Morgan fingerprint density at radius 3 is 1.14 bits per heavy atom. The van der Waals surface area contributed by atoms with E-state index in [0.29, 0.717) is 12.8 Å². The summed E-state index contributed by atoms with van der Waals surface area (Å²) in [6, 6.07) is 0. The van der Waals surface area contributed by atoms with E-state index in [2.05, 4.69) is 80.0 Å². The molecule has 0 heterocycles. The van der Waals surface area contributed by atoms with Crippen LogP contribution in [0.4, 0.5) is 0 Å². The number of unbranched alkanes of at least 4 members (excludes halogenated alkanes) is 16.